The van der Waals surface area contributed by atoms with Gasteiger partial charge in [-0.25, -0.2) is 15.2 Å². The minimum Gasteiger partial charge on any atom is -0.361 e. The minimum atomic E-state index is -4.24. The lowest BCUT2D eigenvalue weighted by molar-refractivity contribution is -0.432. The summed E-state index contributed by atoms with van der Waals surface area (Å²) < 4.78 is 34.6. The molecule has 0 saturated heterocycles. The van der Waals surface area contributed by atoms with Crippen molar-refractivity contribution in [3.63, 3.8) is 0 Å². The maximum absolute atomic E-state index is 12.6. The number of hydrogen-bond donors (Lipinski definition) is 4. The van der Waals surface area contributed by atoms with Crippen LogP contribution in [0, 0.1) is 0 Å². The average Bonchev–Trinajstić information content (AvgIpc) is 2.65. The van der Waals surface area contributed by atoms with Gasteiger partial charge in [0, 0.05) is 59.1 Å². The molecule has 0 spiro atoms. The van der Waals surface area contributed by atoms with Gasteiger partial charge in [0.05, 0.1) is 5.75 Å². The van der Waals surface area contributed by atoms with E-state index < -0.39 is 27.7 Å². The predicted octanol–water partition coefficient (Wildman–Crippen LogP) is -0.975. The van der Waals surface area contributed by atoms with Crippen LogP contribution in [0.3, 0.4) is 0 Å². The van der Waals surface area contributed by atoms with E-state index in [9.17, 15) is 18.0 Å². The Kier molecular flexibility index (Phi) is 10.2. The van der Waals surface area contributed by atoms with Gasteiger partial charge < -0.3 is 20.4 Å². The number of nitrogens with one attached hydrogen (secondary N) is 2. The van der Waals surface area contributed by atoms with E-state index in [0.717, 1.165) is 12.0 Å². The standard InChI is InChI=1S/C14H24N6O8S2/c1-19(2)11-9(13(21)15-5-7-29-28-27-23)17-12(20(3)4)10(18-11)14(22)16-6-8-30(24,25)26/h23H,5-8H2,1-4H3,(H,15,21)(H,16,22)(H,24,25,26). The monoisotopic (exact) mass is 468 g/mol. The fourth-order valence-electron chi connectivity index (χ4n) is 2.07. The molecule has 1 aromatic heterocycles. The fraction of sp³-hybridized carbons (Fsp3) is 0.571. The first-order chi connectivity index (χ1) is 14.0. The Morgan fingerprint density at radius 2 is 1.47 bits per heavy atom. The van der Waals surface area contributed by atoms with Crippen molar-refractivity contribution in [3.8, 4) is 0 Å². The van der Waals surface area contributed by atoms with Crippen LogP contribution in [0.5, 0.6) is 0 Å². The number of rotatable bonds is 12. The van der Waals surface area contributed by atoms with E-state index in [1.807, 2.05) is 0 Å². The molecule has 14 nitrogen and oxygen atoms in total. The first-order valence-electron chi connectivity index (χ1n) is 8.36. The smallest absolute Gasteiger partial charge is 0.273 e. The van der Waals surface area contributed by atoms with Crippen molar-refractivity contribution in [1.82, 2.24) is 20.6 Å². The summed E-state index contributed by atoms with van der Waals surface area (Å²) in [4.78, 5) is 36.5. The summed E-state index contributed by atoms with van der Waals surface area (Å²) in [5.74, 6) is -1.47. The predicted molar refractivity (Wildman–Crippen MR) is 109 cm³/mol. The second-order valence-corrected chi connectivity index (χ2v) is 8.47. The van der Waals surface area contributed by atoms with Crippen molar-refractivity contribution in [3.05, 3.63) is 11.4 Å². The molecular formula is C14H24N6O8S2. The highest BCUT2D eigenvalue weighted by Gasteiger charge is 2.25. The summed E-state index contributed by atoms with van der Waals surface area (Å²) in [7, 11) is 2.17. The Labute approximate surface area is 177 Å². The molecule has 170 valence electrons. The van der Waals surface area contributed by atoms with E-state index in [1.54, 1.807) is 28.2 Å². The second-order valence-electron chi connectivity index (χ2n) is 6.12. The maximum atomic E-state index is 12.6. The second kappa shape index (κ2) is 11.8. The van der Waals surface area contributed by atoms with Gasteiger partial charge in [-0.05, 0) is 0 Å². The van der Waals surface area contributed by atoms with Crippen LogP contribution in [-0.2, 0) is 19.5 Å². The quantitative estimate of drug-likeness (QED) is 0.0966. The van der Waals surface area contributed by atoms with Gasteiger partial charge in [-0.3, -0.25) is 14.1 Å². The highest BCUT2D eigenvalue weighted by atomic mass is 32.2. The lowest BCUT2D eigenvalue weighted by Crippen LogP contribution is -2.34. The molecule has 4 N–H and O–H groups in total. The number of hydrogen-bond acceptors (Lipinski definition) is 12. The molecule has 1 aromatic rings. The Bertz CT molecular complexity index is 849. The van der Waals surface area contributed by atoms with E-state index in [4.69, 9.17) is 9.81 Å². The molecule has 1 rings (SSSR count). The topological polar surface area (TPSA) is 184 Å². The zero-order valence-electron chi connectivity index (χ0n) is 16.8. The van der Waals surface area contributed by atoms with Crippen LogP contribution < -0.4 is 20.4 Å². The SMILES string of the molecule is CN(C)c1nc(C(=O)NCCS(=O)(=O)O)c(N(C)C)nc1C(=O)NCCSOOO. The maximum Gasteiger partial charge on any atom is 0.273 e. The van der Waals surface area contributed by atoms with Crippen molar-refractivity contribution in [2.24, 2.45) is 0 Å². The third-order valence-corrected chi connectivity index (χ3v) is 4.58. The lowest BCUT2D eigenvalue weighted by atomic mass is 10.3. The van der Waals surface area contributed by atoms with Crippen LogP contribution in [0.15, 0.2) is 0 Å². The number of aromatic nitrogens is 2. The Morgan fingerprint density at radius 1 is 1.00 bits per heavy atom. The fourth-order valence-corrected chi connectivity index (χ4v) is 2.73. The van der Waals surface area contributed by atoms with Crippen LogP contribution in [0.4, 0.5) is 11.6 Å². The van der Waals surface area contributed by atoms with Gasteiger partial charge in [0.15, 0.2) is 23.0 Å². The zero-order chi connectivity index (χ0) is 22.9. The molecule has 0 aliphatic heterocycles. The van der Waals surface area contributed by atoms with Crippen molar-refractivity contribution in [2.75, 3.05) is 62.6 Å². The number of amides is 2. The first-order valence-corrected chi connectivity index (χ1v) is 10.9. The molecule has 0 aliphatic rings. The largest absolute Gasteiger partial charge is 0.361 e. The van der Waals surface area contributed by atoms with Gasteiger partial charge in [0.1, 0.15) is 0 Å². The van der Waals surface area contributed by atoms with E-state index in [2.05, 4.69) is 30.0 Å². The molecule has 0 aromatic carbocycles. The van der Waals surface area contributed by atoms with Crippen LogP contribution in [0.2, 0.25) is 0 Å². The highest BCUT2D eigenvalue weighted by molar-refractivity contribution is 7.94. The minimum absolute atomic E-state index is 0.0393. The van der Waals surface area contributed by atoms with E-state index in [0.29, 0.717) is 0 Å². The first kappa shape index (κ1) is 25.8. The molecule has 30 heavy (non-hydrogen) atoms. The summed E-state index contributed by atoms with van der Waals surface area (Å²) in [5.41, 5.74) is -0.165. The summed E-state index contributed by atoms with van der Waals surface area (Å²) >= 11 is 0.769. The van der Waals surface area contributed by atoms with Crippen LogP contribution in [-0.4, -0.2) is 92.8 Å². The molecule has 2 amide bonds. The molecule has 0 aliphatic carbocycles. The molecule has 0 bridgehead atoms. The molecule has 1 heterocycles. The van der Waals surface area contributed by atoms with Crippen molar-refractivity contribution >= 4 is 45.6 Å². The molecule has 0 atom stereocenters. The molecule has 0 radical (unpaired) electrons. The molecular weight excluding hydrogens is 444 g/mol. The van der Waals surface area contributed by atoms with Gasteiger partial charge in [-0.1, -0.05) is 5.04 Å². The van der Waals surface area contributed by atoms with Gasteiger partial charge in [0.2, 0.25) is 0 Å². The highest BCUT2D eigenvalue weighted by Crippen LogP contribution is 2.22. The number of carbonyl (C=O) groups excluding carboxylic acids is 2. The lowest BCUT2D eigenvalue weighted by Gasteiger charge is -2.21. The Morgan fingerprint density at radius 3 is 1.87 bits per heavy atom. The molecule has 16 heteroatoms. The summed E-state index contributed by atoms with van der Waals surface area (Å²) in [6.45, 7) is -0.167. The molecule has 0 fully saturated rings. The molecule has 0 unspecified atom stereocenters. The average molecular weight is 469 g/mol. The van der Waals surface area contributed by atoms with Crippen LogP contribution >= 0.6 is 12.0 Å². The summed E-state index contributed by atoms with van der Waals surface area (Å²) in [5, 5.41) is 16.4. The van der Waals surface area contributed by atoms with Gasteiger partial charge in [-0.15, -0.1) is 4.33 Å². The van der Waals surface area contributed by atoms with Gasteiger partial charge in [0.25, 0.3) is 21.9 Å². The number of nitrogens with zero attached hydrogens (tertiary/aromatic N) is 4. The Balaban J connectivity index is 3.13. The normalized spacial score (nSPS) is 11.1. The zero-order valence-corrected chi connectivity index (χ0v) is 18.4. The van der Waals surface area contributed by atoms with E-state index in [1.165, 1.54) is 9.80 Å². The number of carbonyl (C=O) groups is 2. The van der Waals surface area contributed by atoms with Crippen molar-refractivity contribution < 1.29 is 37.2 Å². The Hall–Kier alpha value is -2.24. The third-order valence-electron chi connectivity index (χ3n) is 3.33. The van der Waals surface area contributed by atoms with E-state index >= 15 is 0 Å². The third kappa shape index (κ3) is 8.25. The summed E-state index contributed by atoms with van der Waals surface area (Å²) in [6.07, 6.45) is 0. The van der Waals surface area contributed by atoms with Crippen LogP contribution in [0.25, 0.3) is 0 Å². The van der Waals surface area contributed by atoms with Gasteiger partial charge in [-0.2, -0.15) is 8.42 Å². The van der Waals surface area contributed by atoms with E-state index in [-0.39, 0.29) is 41.9 Å². The number of anilines is 2. The summed E-state index contributed by atoms with van der Waals surface area (Å²) in [6, 6.07) is 0. The van der Waals surface area contributed by atoms with Gasteiger partial charge >= 0.3 is 0 Å². The van der Waals surface area contributed by atoms with Crippen molar-refractivity contribution in [1.29, 1.82) is 0 Å². The van der Waals surface area contributed by atoms with Crippen molar-refractivity contribution in [2.45, 2.75) is 0 Å². The molecule has 0 saturated carbocycles. The van der Waals surface area contributed by atoms with Crippen LogP contribution in [0.1, 0.15) is 21.0 Å².